The lowest BCUT2D eigenvalue weighted by atomic mass is 9.89. The van der Waals surface area contributed by atoms with Crippen LogP contribution in [0.15, 0.2) is 36.5 Å². The lowest BCUT2D eigenvalue weighted by Gasteiger charge is -2.22. The Kier molecular flexibility index (Phi) is 8.79. The predicted octanol–water partition coefficient (Wildman–Crippen LogP) is 3.87. The van der Waals surface area contributed by atoms with E-state index in [0.29, 0.717) is 19.3 Å². The number of hydrogen-bond acceptors (Lipinski definition) is 5. The van der Waals surface area contributed by atoms with E-state index in [2.05, 4.69) is 25.2 Å². The van der Waals surface area contributed by atoms with E-state index in [-0.39, 0.29) is 36.0 Å². The second-order valence-electron chi connectivity index (χ2n) is 7.32. The predicted molar refractivity (Wildman–Crippen MR) is 104 cm³/mol. The Morgan fingerprint density at radius 3 is 2.89 bits per heavy atom. The molecule has 5 unspecified atom stereocenters. The van der Waals surface area contributed by atoms with Gasteiger partial charge in [0.15, 0.2) is 0 Å². The number of allylic oxidation sites excluding steroid dienone is 3. The van der Waals surface area contributed by atoms with Crippen molar-refractivity contribution in [2.75, 3.05) is 0 Å². The van der Waals surface area contributed by atoms with Crippen molar-refractivity contribution in [1.82, 2.24) is 0 Å². The van der Waals surface area contributed by atoms with Gasteiger partial charge in [-0.15, -0.1) is 0 Å². The van der Waals surface area contributed by atoms with Gasteiger partial charge in [0.05, 0.1) is 6.10 Å². The van der Waals surface area contributed by atoms with Gasteiger partial charge in [0.1, 0.15) is 12.2 Å². The summed E-state index contributed by atoms with van der Waals surface area (Å²) in [6, 6.07) is 0. The van der Waals surface area contributed by atoms with Crippen molar-refractivity contribution in [1.29, 1.82) is 0 Å². The molecular formula is C22H32O5. The van der Waals surface area contributed by atoms with E-state index in [1.165, 1.54) is 6.92 Å². The zero-order valence-corrected chi connectivity index (χ0v) is 16.4. The molecule has 0 aromatic heterocycles. The zero-order valence-electron chi connectivity index (χ0n) is 16.4. The van der Waals surface area contributed by atoms with Gasteiger partial charge in [-0.05, 0) is 37.7 Å². The maximum absolute atomic E-state index is 12.1. The summed E-state index contributed by atoms with van der Waals surface area (Å²) in [5, 5.41) is 10.5. The van der Waals surface area contributed by atoms with Crippen LogP contribution < -0.4 is 0 Å². The fraction of sp³-hybridized carbons (Fsp3) is 0.636. The SMILES string of the molecule is CCC=CCC1C=CC2C(OC(C)=O)CC(O)C2CC=CCCCC(=O)O1. The van der Waals surface area contributed by atoms with E-state index in [1.54, 1.807) is 0 Å². The maximum Gasteiger partial charge on any atom is 0.306 e. The van der Waals surface area contributed by atoms with Gasteiger partial charge < -0.3 is 14.6 Å². The summed E-state index contributed by atoms with van der Waals surface area (Å²) in [5.74, 6) is -0.633. The molecule has 0 aromatic rings. The summed E-state index contributed by atoms with van der Waals surface area (Å²) in [4.78, 5) is 23.6. The molecule has 1 fully saturated rings. The minimum atomic E-state index is -0.514. The van der Waals surface area contributed by atoms with Crippen LogP contribution in [-0.2, 0) is 19.1 Å². The molecule has 0 radical (unpaired) electrons. The normalized spacial score (nSPS) is 32.3. The number of esters is 2. The Labute approximate surface area is 162 Å². The van der Waals surface area contributed by atoms with Gasteiger partial charge in [-0.1, -0.05) is 37.3 Å². The number of hydrogen-bond donors (Lipinski definition) is 1. The minimum absolute atomic E-state index is 0.00913. The van der Waals surface area contributed by atoms with Crippen molar-refractivity contribution < 1.29 is 24.2 Å². The summed E-state index contributed by atoms with van der Waals surface area (Å²) in [5.41, 5.74) is 0. The van der Waals surface area contributed by atoms with Crippen LogP contribution in [-0.4, -0.2) is 35.4 Å². The first-order valence-corrected chi connectivity index (χ1v) is 10.0. The summed E-state index contributed by atoms with van der Waals surface area (Å²) in [6.07, 6.45) is 15.5. The second-order valence-corrected chi connectivity index (χ2v) is 7.32. The highest BCUT2D eigenvalue weighted by Gasteiger charge is 2.42. The average molecular weight is 376 g/mol. The largest absolute Gasteiger partial charge is 0.462 e. The molecule has 1 saturated carbocycles. The van der Waals surface area contributed by atoms with Crippen LogP contribution in [0.4, 0.5) is 0 Å². The van der Waals surface area contributed by atoms with Gasteiger partial charge in [0, 0.05) is 32.1 Å². The first kappa shape index (κ1) is 21.4. The van der Waals surface area contributed by atoms with Crippen molar-refractivity contribution in [3.05, 3.63) is 36.5 Å². The molecule has 0 spiro atoms. The molecule has 2 rings (SSSR count). The van der Waals surface area contributed by atoms with Gasteiger partial charge in [-0.2, -0.15) is 0 Å². The van der Waals surface area contributed by atoms with Gasteiger partial charge in [-0.25, -0.2) is 0 Å². The zero-order chi connectivity index (χ0) is 19.6. The molecule has 0 saturated heterocycles. The summed E-state index contributed by atoms with van der Waals surface area (Å²) in [6.45, 7) is 3.45. The molecule has 0 aromatic carbocycles. The van der Waals surface area contributed by atoms with E-state index in [4.69, 9.17) is 9.47 Å². The molecule has 2 aliphatic rings. The molecule has 5 nitrogen and oxygen atoms in total. The molecule has 5 atom stereocenters. The molecule has 1 aliphatic heterocycles. The number of cyclic esters (lactones) is 1. The smallest absolute Gasteiger partial charge is 0.306 e. The lowest BCUT2D eigenvalue weighted by Crippen LogP contribution is -2.24. The van der Waals surface area contributed by atoms with E-state index in [1.807, 2.05) is 18.2 Å². The van der Waals surface area contributed by atoms with Crippen LogP contribution in [0.3, 0.4) is 0 Å². The summed E-state index contributed by atoms with van der Waals surface area (Å²) < 4.78 is 11.1. The van der Waals surface area contributed by atoms with E-state index in [0.717, 1.165) is 25.7 Å². The highest BCUT2D eigenvalue weighted by atomic mass is 16.5. The lowest BCUT2D eigenvalue weighted by molar-refractivity contribution is -0.147. The number of carbonyl (C=O) groups excluding carboxylic acids is 2. The topological polar surface area (TPSA) is 72.8 Å². The van der Waals surface area contributed by atoms with Crippen molar-refractivity contribution in [2.24, 2.45) is 11.8 Å². The molecule has 1 heterocycles. The Balaban J connectivity index is 2.23. The van der Waals surface area contributed by atoms with Gasteiger partial charge in [-0.3, -0.25) is 9.59 Å². The number of fused-ring (bicyclic) bond motifs is 1. The molecule has 5 heteroatoms. The van der Waals surface area contributed by atoms with Gasteiger partial charge >= 0.3 is 11.9 Å². The number of carbonyl (C=O) groups is 2. The van der Waals surface area contributed by atoms with Crippen molar-refractivity contribution in [3.63, 3.8) is 0 Å². The highest BCUT2D eigenvalue weighted by Crippen LogP contribution is 2.38. The molecule has 0 amide bonds. The van der Waals surface area contributed by atoms with Crippen LogP contribution in [0.5, 0.6) is 0 Å². The van der Waals surface area contributed by atoms with Crippen LogP contribution in [0.1, 0.15) is 58.8 Å². The van der Waals surface area contributed by atoms with Crippen LogP contribution >= 0.6 is 0 Å². The molecule has 1 aliphatic carbocycles. The number of rotatable bonds is 4. The quantitative estimate of drug-likeness (QED) is 0.596. The summed E-state index contributed by atoms with van der Waals surface area (Å²) in [7, 11) is 0. The standard InChI is InChI=1S/C22H32O5/c1-3-4-7-10-17-13-14-19-18(20(24)15-21(19)26-16(2)23)11-8-5-6-9-12-22(25)27-17/h4-5,7-8,13-14,17-21,24H,3,6,9-12,15H2,1-2H3. The number of aliphatic hydroxyl groups is 1. The van der Waals surface area contributed by atoms with Crippen LogP contribution in [0.2, 0.25) is 0 Å². The fourth-order valence-electron chi connectivity index (χ4n) is 3.80. The van der Waals surface area contributed by atoms with Crippen molar-refractivity contribution in [2.45, 2.75) is 77.1 Å². The van der Waals surface area contributed by atoms with Crippen LogP contribution in [0, 0.1) is 11.8 Å². The minimum Gasteiger partial charge on any atom is -0.462 e. The highest BCUT2D eigenvalue weighted by molar-refractivity contribution is 5.69. The van der Waals surface area contributed by atoms with Gasteiger partial charge in [0.2, 0.25) is 0 Å². The third-order valence-electron chi connectivity index (χ3n) is 5.14. The van der Waals surface area contributed by atoms with Crippen molar-refractivity contribution in [3.8, 4) is 0 Å². The Morgan fingerprint density at radius 2 is 2.15 bits per heavy atom. The Morgan fingerprint density at radius 1 is 1.33 bits per heavy atom. The molecule has 27 heavy (non-hydrogen) atoms. The average Bonchev–Trinajstić information content (AvgIpc) is 2.89. The monoisotopic (exact) mass is 376 g/mol. The molecular weight excluding hydrogens is 344 g/mol. The third-order valence-corrected chi connectivity index (χ3v) is 5.14. The Bertz CT molecular complexity index is 577. The summed E-state index contributed by atoms with van der Waals surface area (Å²) >= 11 is 0. The first-order chi connectivity index (χ1) is 13.0. The fourth-order valence-corrected chi connectivity index (χ4v) is 3.80. The molecule has 1 N–H and O–H groups in total. The molecule has 150 valence electrons. The third kappa shape index (κ3) is 6.98. The van der Waals surface area contributed by atoms with E-state index >= 15 is 0 Å². The van der Waals surface area contributed by atoms with E-state index < -0.39 is 6.10 Å². The first-order valence-electron chi connectivity index (χ1n) is 10.0. The van der Waals surface area contributed by atoms with E-state index in [9.17, 15) is 14.7 Å². The number of aliphatic hydroxyl groups excluding tert-OH is 1. The second kappa shape index (κ2) is 11.1. The van der Waals surface area contributed by atoms with Gasteiger partial charge in [0.25, 0.3) is 0 Å². The molecule has 0 bridgehead atoms. The maximum atomic E-state index is 12.1. The van der Waals surface area contributed by atoms with Crippen LogP contribution in [0.25, 0.3) is 0 Å². The number of ether oxygens (including phenoxy) is 2. The van der Waals surface area contributed by atoms with Crippen molar-refractivity contribution >= 4 is 11.9 Å². The Hall–Kier alpha value is -1.88.